The smallest absolute Gasteiger partial charge is 0.319 e. The Morgan fingerprint density at radius 3 is 2.15 bits per heavy atom. The Kier molecular flexibility index (Phi) is 4.69. The fourth-order valence-corrected chi connectivity index (χ4v) is 5.98. The molecule has 2 saturated heterocycles. The Morgan fingerprint density at radius 1 is 0.962 bits per heavy atom. The Hall–Kier alpha value is -1.60. The Balaban J connectivity index is 1.37. The number of rotatable bonds is 3. The molecule has 7 heteroatoms. The highest BCUT2D eigenvalue weighted by atomic mass is 32.2. The molecule has 0 unspecified atom stereocenters. The van der Waals surface area contributed by atoms with E-state index in [1.807, 2.05) is 15.9 Å². The van der Waals surface area contributed by atoms with Crippen molar-refractivity contribution in [1.82, 2.24) is 14.5 Å². The number of hydrogen-bond donors (Lipinski definition) is 1. The van der Waals surface area contributed by atoms with Crippen molar-refractivity contribution >= 4 is 16.1 Å². The summed E-state index contributed by atoms with van der Waals surface area (Å²) in [4.78, 5) is 16.8. The third-order valence-corrected chi connectivity index (χ3v) is 7.91. The van der Waals surface area contributed by atoms with Gasteiger partial charge in [0.25, 0.3) is 0 Å². The van der Waals surface area contributed by atoms with Crippen LogP contribution in [0, 0.1) is 5.41 Å². The van der Waals surface area contributed by atoms with Crippen molar-refractivity contribution in [3.8, 4) is 0 Å². The van der Waals surface area contributed by atoms with Crippen LogP contribution < -0.4 is 4.72 Å². The van der Waals surface area contributed by atoms with Gasteiger partial charge in [0.15, 0.2) is 0 Å². The molecule has 6 nitrogen and oxygen atoms in total. The number of urea groups is 1. The summed E-state index contributed by atoms with van der Waals surface area (Å²) < 4.78 is 28.2. The van der Waals surface area contributed by atoms with Crippen LogP contribution in [-0.4, -0.2) is 56.5 Å². The van der Waals surface area contributed by atoms with Crippen LogP contribution >= 0.6 is 0 Å². The summed E-state index contributed by atoms with van der Waals surface area (Å²) in [5.74, 6) is 0. The average Bonchev–Trinajstić information content (AvgIpc) is 3.20. The molecule has 0 radical (unpaired) electrons. The van der Waals surface area contributed by atoms with Crippen LogP contribution in [0.1, 0.15) is 38.5 Å². The molecule has 4 rings (SSSR count). The molecule has 2 heterocycles. The molecule has 142 valence electrons. The van der Waals surface area contributed by atoms with Gasteiger partial charge in [-0.05, 0) is 56.1 Å². The molecule has 1 spiro atoms. The molecule has 1 atom stereocenters. The quantitative estimate of drug-likeness (QED) is 0.879. The fraction of sp³-hybridized carbons (Fsp3) is 0.632. The summed E-state index contributed by atoms with van der Waals surface area (Å²) in [5.41, 5.74) is 0.0175. The zero-order valence-electron chi connectivity index (χ0n) is 15.1. The summed E-state index contributed by atoms with van der Waals surface area (Å²) in [6.07, 6.45) is 5.90. The number of sulfonamides is 1. The number of nitrogens with zero attached hydrogens (tertiary/aromatic N) is 2. The second kappa shape index (κ2) is 6.85. The van der Waals surface area contributed by atoms with Crippen LogP contribution in [0.15, 0.2) is 35.2 Å². The van der Waals surface area contributed by atoms with Gasteiger partial charge in [0.1, 0.15) is 0 Å². The van der Waals surface area contributed by atoms with Gasteiger partial charge in [-0.2, -0.15) is 0 Å². The summed E-state index contributed by atoms with van der Waals surface area (Å²) in [7, 11) is -3.48. The van der Waals surface area contributed by atoms with Gasteiger partial charge in [0.2, 0.25) is 10.0 Å². The summed E-state index contributed by atoms with van der Waals surface area (Å²) >= 11 is 0. The molecule has 1 N–H and O–H groups in total. The van der Waals surface area contributed by atoms with Gasteiger partial charge >= 0.3 is 6.03 Å². The van der Waals surface area contributed by atoms with E-state index in [9.17, 15) is 13.2 Å². The molecule has 1 aliphatic carbocycles. The molecule has 2 aliphatic heterocycles. The standard InChI is InChI=1S/C19H27N3O3S/c23-18(21-12-4-5-13-21)22-14-10-19(11-15-22)9-8-17(19)20-26(24,25)16-6-2-1-3-7-16/h1-3,6-7,17,20H,4-5,8-15H2/t17-/m1/s1. The zero-order valence-corrected chi connectivity index (χ0v) is 15.9. The van der Waals surface area contributed by atoms with Crippen LogP contribution in [0.5, 0.6) is 0 Å². The lowest BCUT2D eigenvalue weighted by molar-refractivity contribution is 0.00995. The SMILES string of the molecule is O=C(N1CCCC1)N1CCC2(CC[C@H]2NS(=O)(=O)c2ccccc2)CC1. The van der Waals surface area contributed by atoms with Crippen LogP contribution in [0.4, 0.5) is 4.79 Å². The first-order valence-corrected chi connectivity index (χ1v) is 11.1. The highest BCUT2D eigenvalue weighted by molar-refractivity contribution is 7.89. The van der Waals surface area contributed by atoms with E-state index in [0.29, 0.717) is 4.90 Å². The first-order valence-electron chi connectivity index (χ1n) is 9.61. The number of amides is 2. The number of likely N-dealkylation sites (tertiary alicyclic amines) is 2. The lowest BCUT2D eigenvalue weighted by atomic mass is 9.60. The highest BCUT2D eigenvalue weighted by Crippen LogP contribution is 2.49. The lowest BCUT2D eigenvalue weighted by Gasteiger charge is -2.54. The molecule has 2 amide bonds. The van der Waals surface area contributed by atoms with Gasteiger partial charge in [0.05, 0.1) is 4.90 Å². The summed E-state index contributed by atoms with van der Waals surface area (Å²) in [6.45, 7) is 3.22. The average molecular weight is 378 g/mol. The number of carbonyl (C=O) groups is 1. The molecule has 26 heavy (non-hydrogen) atoms. The van der Waals surface area contributed by atoms with E-state index in [1.54, 1.807) is 24.3 Å². The zero-order chi connectivity index (χ0) is 18.2. The second-order valence-corrected chi connectivity index (χ2v) is 9.57. The van der Waals surface area contributed by atoms with Crippen LogP contribution in [0.25, 0.3) is 0 Å². The van der Waals surface area contributed by atoms with E-state index < -0.39 is 10.0 Å². The van der Waals surface area contributed by atoms with Gasteiger partial charge < -0.3 is 9.80 Å². The van der Waals surface area contributed by atoms with Crippen LogP contribution in [0.3, 0.4) is 0 Å². The topological polar surface area (TPSA) is 69.7 Å². The van der Waals surface area contributed by atoms with Gasteiger partial charge in [0, 0.05) is 32.2 Å². The van der Waals surface area contributed by atoms with Gasteiger partial charge in [-0.1, -0.05) is 18.2 Å². The van der Waals surface area contributed by atoms with Crippen molar-refractivity contribution in [3.63, 3.8) is 0 Å². The van der Waals surface area contributed by atoms with Crippen molar-refractivity contribution in [2.75, 3.05) is 26.2 Å². The predicted molar refractivity (Wildman–Crippen MR) is 99.2 cm³/mol. The third-order valence-electron chi connectivity index (χ3n) is 6.43. The number of nitrogens with one attached hydrogen (secondary N) is 1. The second-order valence-electron chi connectivity index (χ2n) is 7.85. The Bertz CT molecular complexity index is 751. The number of carbonyl (C=O) groups excluding carboxylic acids is 1. The third kappa shape index (κ3) is 3.22. The molecule has 1 aromatic rings. The Labute approximate surface area is 155 Å². The molecule has 1 saturated carbocycles. The number of hydrogen-bond acceptors (Lipinski definition) is 3. The first-order chi connectivity index (χ1) is 12.5. The normalized spacial score (nSPS) is 25.3. The van der Waals surface area contributed by atoms with Crippen LogP contribution in [-0.2, 0) is 10.0 Å². The monoisotopic (exact) mass is 377 g/mol. The van der Waals surface area contributed by atoms with E-state index in [0.717, 1.165) is 64.7 Å². The Morgan fingerprint density at radius 2 is 1.58 bits per heavy atom. The maximum absolute atomic E-state index is 12.6. The van der Waals surface area contributed by atoms with Crippen molar-refractivity contribution in [2.45, 2.75) is 49.5 Å². The van der Waals surface area contributed by atoms with Gasteiger partial charge in [-0.15, -0.1) is 0 Å². The van der Waals surface area contributed by atoms with Gasteiger partial charge in [-0.25, -0.2) is 17.9 Å². The van der Waals surface area contributed by atoms with Crippen molar-refractivity contribution in [2.24, 2.45) is 5.41 Å². The number of piperidine rings is 1. The minimum Gasteiger partial charge on any atom is -0.325 e. The summed E-state index contributed by atoms with van der Waals surface area (Å²) in [5, 5.41) is 0. The minimum atomic E-state index is -3.48. The van der Waals surface area contributed by atoms with Crippen molar-refractivity contribution in [3.05, 3.63) is 30.3 Å². The molecular formula is C19H27N3O3S. The molecule has 3 fully saturated rings. The maximum Gasteiger partial charge on any atom is 0.319 e. The van der Waals surface area contributed by atoms with E-state index in [1.165, 1.54) is 0 Å². The first kappa shape index (κ1) is 17.8. The molecular weight excluding hydrogens is 350 g/mol. The number of benzene rings is 1. The minimum absolute atomic E-state index is 0.0169. The van der Waals surface area contributed by atoms with E-state index in [-0.39, 0.29) is 17.5 Å². The van der Waals surface area contributed by atoms with Crippen molar-refractivity contribution in [1.29, 1.82) is 0 Å². The molecule has 0 bridgehead atoms. The lowest BCUT2D eigenvalue weighted by Crippen LogP contribution is -2.60. The molecule has 3 aliphatic rings. The predicted octanol–water partition coefficient (Wildman–Crippen LogP) is 2.43. The molecule has 1 aromatic carbocycles. The molecule has 0 aromatic heterocycles. The highest BCUT2D eigenvalue weighted by Gasteiger charge is 2.50. The van der Waals surface area contributed by atoms with E-state index in [4.69, 9.17) is 0 Å². The van der Waals surface area contributed by atoms with E-state index >= 15 is 0 Å². The van der Waals surface area contributed by atoms with E-state index in [2.05, 4.69) is 4.72 Å². The van der Waals surface area contributed by atoms with Crippen LogP contribution in [0.2, 0.25) is 0 Å². The fourth-order valence-electron chi connectivity index (χ4n) is 4.59. The maximum atomic E-state index is 12.6. The summed E-state index contributed by atoms with van der Waals surface area (Å²) in [6, 6.07) is 8.71. The van der Waals surface area contributed by atoms with Crippen molar-refractivity contribution < 1.29 is 13.2 Å². The van der Waals surface area contributed by atoms with Gasteiger partial charge in [-0.3, -0.25) is 0 Å². The largest absolute Gasteiger partial charge is 0.325 e.